The molecule has 1 unspecified atom stereocenters. The second-order valence-corrected chi connectivity index (χ2v) is 5.09. The van der Waals surface area contributed by atoms with E-state index in [0.29, 0.717) is 17.6 Å². The van der Waals surface area contributed by atoms with Gasteiger partial charge in [-0.2, -0.15) is 11.8 Å². The van der Waals surface area contributed by atoms with Crippen molar-refractivity contribution in [2.75, 3.05) is 11.5 Å². The van der Waals surface area contributed by atoms with E-state index in [1.165, 1.54) is 37.9 Å². The Hall–Kier alpha value is 0.0200. The molecular weight excluding hydrogens is 168 g/mol. The van der Waals surface area contributed by atoms with Crippen LogP contribution in [0.4, 0.5) is 0 Å². The van der Waals surface area contributed by atoms with Crippen molar-refractivity contribution in [1.82, 2.24) is 0 Å². The average Bonchev–Trinajstić information content (AvgIpc) is 2.03. The maximum absolute atomic E-state index is 11.8. The molecular formula is C10H16OS. The minimum Gasteiger partial charge on any atom is -0.299 e. The lowest BCUT2D eigenvalue weighted by Gasteiger charge is -2.29. The van der Waals surface area contributed by atoms with Crippen molar-refractivity contribution < 1.29 is 4.79 Å². The number of hydrogen-bond donors (Lipinski definition) is 0. The van der Waals surface area contributed by atoms with Crippen LogP contribution in [0.2, 0.25) is 0 Å². The Balaban J connectivity index is 1.84. The first kappa shape index (κ1) is 8.61. The Morgan fingerprint density at radius 2 is 1.83 bits per heavy atom. The normalized spacial score (nSPS) is 31.2. The third-order valence-electron chi connectivity index (χ3n) is 3.07. The van der Waals surface area contributed by atoms with Crippen LogP contribution >= 0.6 is 11.8 Å². The van der Waals surface area contributed by atoms with E-state index < -0.39 is 0 Å². The van der Waals surface area contributed by atoms with Gasteiger partial charge >= 0.3 is 0 Å². The third kappa shape index (κ3) is 1.68. The minimum absolute atomic E-state index is 0.425. The fraction of sp³-hybridized carbons (Fsp3) is 0.900. The Bertz CT molecular complexity index is 169. The molecule has 12 heavy (non-hydrogen) atoms. The van der Waals surface area contributed by atoms with Crippen LogP contribution in [0, 0.1) is 11.8 Å². The summed E-state index contributed by atoms with van der Waals surface area (Å²) in [7, 11) is 0. The van der Waals surface area contributed by atoms with Crippen molar-refractivity contribution in [2.45, 2.75) is 32.1 Å². The standard InChI is InChI=1S/C10H16OS/c11-10(8-3-1-4-8)9-5-2-6-12-7-9/h8-9H,1-7H2. The lowest BCUT2D eigenvalue weighted by Crippen LogP contribution is -2.31. The molecule has 1 aliphatic carbocycles. The summed E-state index contributed by atoms with van der Waals surface area (Å²) in [6.07, 6.45) is 6.08. The van der Waals surface area contributed by atoms with E-state index in [0.717, 1.165) is 5.75 Å². The zero-order valence-electron chi connectivity index (χ0n) is 7.42. The van der Waals surface area contributed by atoms with Gasteiger partial charge in [-0.3, -0.25) is 4.79 Å². The molecule has 1 atom stereocenters. The fourth-order valence-electron chi connectivity index (χ4n) is 1.99. The molecule has 2 aliphatic rings. The van der Waals surface area contributed by atoms with Crippen LogP contribution in [-0.4, -0.2) is 17.3 Å². The Morgan fingerprint density at radius 1 is 1.08 bits per heavy atom. The predicted molar refractivity (Wildman–Crippen MR) is 52.4 cm³/mol. The second kappa shape index (κ2) is 3.82. The van der Waals surface area contributed by atoms with Crippen molar-refractivity contribution >= 4 is 17.5 Å². The lowest BCUT2D eigenvalue weighted by molar-refractivity contribution is -0.128. The van der Waals surface area contributed by atoms with E-state index in [-0.39, 0.29) is 0 Å². The summed E-state index contributed by atoms with van der Waals surface area (Å²) >= 11 is 1.96. The van der Waals surface area contributed by atoms with Gasteiger partial charge in [0.05, 0.1) is 0 Å². The molecule has 0 spiro atoms. The fourth-order valence-corrected chi connectivity index (χ4v) is 3.14. The van der Waals surface area contributed by atoms with Crippen molar-refractivity contribution in [3.8, 4) is 0 Å². The first-order valence-corrected chi connectivity index (χ1v) is 6.15. The smallest absolute Gasteiger partial charge is 0.139 e. The molecule has 1 saturated carbocycles. The molecule has 0 aromatic heterocycles. The number of carbonyl (C=O) groups is 1. The molecule has 2 heteroatoms. The lowest BCUT2D eigenvalue weighted by atomic mass is 9.77. The number of Topliss-reactive ketones (excluding diaryl/α,β-unsaturated/α-hetero) is 1. The van der Waals surface area contributed by atoms with Crippen LogP contribution in [0.25, 0.3) is 0 Å². The van der Waals surface area contributed by atoms with Crippen LogP contribution in [0.5, 0.6) is 0 Å². The van der Waals surface area contributed by atoms with Gasteiger partial charge in [0.2, 0.25) is 0 Å². The molecule has 0 amide bonds. The van der Waals surface area contributed by atoms with E-state index >= 15 is 0 Å². The number of thioether (sulfide) groups is 1. The highest BCUT2D eigenvalue weighted by atomic mass is 32.2. The summed E-state index contributed by atoms with van der Waals surface area (Å²) in [6.45, 7) is 0. The molecule has 0 bridgehead atoms. The molecule has 1 nitrogen and oxygen atoms in total. The zero-order chi connectivity index (χ0) is 8.39. The highest BCUT2D eigenvalue weighted by Crippen LogP contribution is 2.33. The van der Waals surface area contributed by atoms with E-state index in [4.69, 9.17) is 0 Å². The maximum Gasteiger partial charge on any atom is 0.139 e. The van der Waals surface area contributed by atoms with Gasteiger partial charge in [0.25, 0.3) is 0 Å². The highest BCUT2D eigenvalue weighted by Gasteiger charge is 2.31. The molecule has 0 aromatic rings. The molecule has 2 rings (SSSR count). The number of hydrogen-bond acceptors (Lipinski definition) is 2. The quantitative estimate of drug-likeness (QED) is 0.656. The molecule has 0 radical (unpaired) electrons. The van der Waals surface area contributed by atoms with Crippen molar-refractivity contribution in [1.29, 1.82) is 0 Å². The number of ketones is 1. The summed E-state index contributed by atoms with van der Waals surface area (Å²) in [6, 6.07) is 0. The van der Waals surface area contributed by atoms with Crippen LogP contribution in [0.15, 0.2) is 0 Å². The Morgan fingerprint density at radius 3 is 2.33 bits per heavy atom. The van der Waals surface area contributed by atoms with Gasteiger partial charge < -0.3 is 0 Å². The molecule has 1 heterocycles. The summed E-state index contributed by atoms with van der Waals surface area (Å²) < 4.78 is 0. The Labute approximate surface area is 78.3 Å². The van der Waals surface area contributed by atoms with Crippen LogP contribution in [0.1, 0.15) is 32.1 Å². The third-order valence-corrected chi connectivity index (χ3v) is 4.29. The first-order chi connectivity index (χ1) is 5.88. The van der Waals surface area contributed by atoms with Gasteiger partial charge in [0, 0.05) is 17.6 Å². The van der Waals surface area contributed by atoms with Crippen LogP contribution in [-0.2, 0) is 4.79 Å². The van der Waals surface area contributed by atoms with E-state index in [1.807, 2.05) is 11.8 Å². The van der Waals surface area contributed by atoms with Crippen molar-refractivity contribution in [2.24, 2.45) is 11.8 Å². The average molecular weight is 184 g/mol. The minimum atomic E-state index is 0.425. The van der Waals surface area contributed by atoms with Gasteiger partial charge in [-0.15, -0.1) is 0 Å². The van der Waals surface area contributed by atoms with Crippen LogP contribution in [0.3, 0.4) is 0 Å². The molecule has 0 aromatic carbocycles. The van der Waals surface area contributed by atoms with Gasteiger partial charge in [-0.05, 0) is 31.4 Å². The summed E-state index contributed by atoms with van der Waals surface area (Å²) in [5.74, 6) is 3.86. The zero-order valence-corrected chi connectivity index (χ0v) is 8.24. The molecule has 2 fully saturated rings. The van der Waals surface area contributed by atoms with E-state index in [1.54, 1.807) is 0 Å². The second-order valence-electron chi connectivity index (χ2n) is 3.94. The Kier molecular flexibility index (Phi) is 2.74. The summed E-state index contributed by atoms with van der Waals surface area (Å²) in [5.41, 5.74) is 0. The van der Waals surface area contributed by atoms with Gasteiger partial charge in [0.15, 0.2) is 0 Å². The van der Waals surface area contributed by atoms with E-state index in [9.17, 15) is 4.79 Å². The van der Waals surface area contributed by atoms with Gasteiger partial charge in [0.1, 0.15) is 5.78 Å². The SMILES string of the molecule is O=C(C1CCC1)C1CCCSC1. The highest BCUT2D eigenvalue weighted by molar-refractivity contribution is 7.99. The molecule has 0 N–H and O–H groups in total. The van der Waals surface area contributed by atoms with Crippen molar-refractivity contribution in [3.63, 3.8) is 0 Å². The summed E-state index contributed by atoms with van der Waals surface area (Å²) in [4.78, 5) is 11.8. The summed E-state index contributed by atoms with van der Waals surface area (Å²) in [5, 5.41) is 0. The van der Waals surface area contributed by atoms with Gasteiger partial charge in [-0.25, -0.2) is 0 Å². The van der Waals surface area contributed by atoms with Gasteiger partial charge in [-0.1, -0.05) is 6.42 Å². The maximum atomic E-state index is 11.8. The molecule has 68 valence electrons. The molecule has 1 aliphatic heterocycles. The van der Waals surface area contributed by atoms with Crippen molar-refractivity contribution in [3.05, 3.63) is 0 Å². The largest absolute Gasteiger partial charge is 0.299 e. The topological polar surface area (TPSA) is 17.1 Å². The van der Waals surface area contributed by atoms with E-state index in [2.05, 4.69) is 0 Å². The monoisotopic (exact) mass is 184 g/mol. The number of carbonyl (C=O) groups excluding carboxylic acids is 1. The predicted octanol–water partition coefficient (Wildman–Crippen LogP) is 2.50. The molecule has 1 saturated heterocycles. The number of rotatable bonds is 2. The first-order valence-electron chi connectivity index (χ1n) is 4.99. The van der Waals surface area contributed by atoms with Crippen LogP contribution < -0.4 is 0 Å².